The summed E-state index contributed by atoms with van der Waals surface area (Å²) in [7, 11) is -0.990. The van der Waals surface area contributed by atoms with Crippen molar-refractivity contribution < 1.29 is 24.3 Å². The molecule has 4 rings (SSSR count). The van der Waals surface area contributed by atoms with Crippen LogP contribution in [0.3, 0.4) is 0 Å². The largest absolute Gasteiger partial charge is 0.535 e. The molecule has 1 aromatic carbocycles. The van der Waals surface area contributed by atoms with Crippen LogP contribution >= 0.6 is 0 Å². The molecule has 2 aliphatic heterocycles. The van der Waals surface area contributed by atoms with Gasteiger partial charge in [0.1, 0.15) is 23.2 Å². The summed E-state index contributed by atoms with van der Waals surface area (Å²) in [6.45, 7) is 1.15. The van der Waals surface area contributed by atoms with E-state index in [1.54, 1.807) is 30.6 Å². The van der Waals surface area contributed by atoms with Crippen LogP contribution in [-0.2, 0) is 6.42 Å². The average molecular weight is 341 g/mol. The zero-order valence-electron chi connectivity index (χ0n) is 13.3. The smallest absolute Gasteiger partial charge is 0.522 e. The van der Waals surface area contributed by atoms with Gasteiger partial charge in [0.05, 0.1) is 13.1 Å². The van der Waals surface area contributed by atoms with Gasteiger partial charge in [-0.2, -0.15) is 0 Å². The Labute approximate surface area is 144 Å². The molecule has 2 aliphatic rings. The number of ether oxygens (including phenoxy) is 1. The highest BCUT2D eigenvalue weighted by Crippen LogP contribution is 2.37. The van der Waals surface area contributed by atoms with Crippen molar-refractivity contribution in [3.63, 3.8) is 0 Å². The molecule has 1 fully saturated rings. The fraction of sp³-hybridized carbons (Fsp3) is 0.312. The molecule has 9 heteroatoms. The van der Waals surface area contributed by atoms with Crippen molar-refractivity contribution in [2.75, 3.05) is 18.0 Å². The van der Waals surface area contributed by atoms with E-state index in [9.17, 15) is 14.9 Å². The van der Waals surface area contributed by atoms with Gasteiger partial charge in [0.15, 0.2) is 0 Å². The van der Waals surface area contributed by atoms with Crippen LogP contribution in [0.2, 0.25) is 6.32 Å². The minimum absolute atomic E-state index is 0.0364. The Kier molecular flexibility index (Phi) is 3.93. The summed E-state index contributed by atoms with van der Waals surface area (Å²) >= 11 is 0. The third-order valence-electron chi connectivity index (χ3n) is 4.31. The lowest BCUT2D eigenvalue weighted by atomic mass is 9.78. The number of carbonyl (C=O) groups is 1. The van der Waals surface area contributed by atoms with Crippen LogP contribution in [0, 0.1) is 0 Å². The topological polar surface area (TPSA) is 105 Å². The summed E-state index contributed by atoms with van der Waals surface area (Å²) in [6.07, 6.45) is 4.20. The lowest BCUT2D eigenvalue weighted by molar-refractivity contribution is 0.0684. The molecule has 0 atom stereocenters. The molecule has 8 nitrogen and oxygen atoms in total. The van der Waals surface area contributed by atoms with Gasteiger partial charge in [0.25, 0.3) is 0 Å². The van der Waals surface area contributed by atoms with Crippen molar-refractivity contribution >= 4 is 19.0 Å². The van der Waals surface area contributed by atoms with Crippen LogP contribution in [0.25, 0.3) is 0 Å². The number of nitrogens with zero attached hydrogens (tertiary/aromatic N) is 3. The van der Waals surface area contributed by atoms with E-state index < -0.39 is 13.1 Å². The fourth-order valence-electron chi connectivity index (χ4n) is 3.02. The summed E-state index contributed by atoms with van der Waals surface area (Å²) in [5, 5.41) is 19.2. The predicted molar refractivity (Wildman–Crippen MR) is 89.2 cm³/mol. The Bertz CT molecular complexity index is 798. The third kappa shape index (κ3) is 2.98. The highest BCUT2D eigenvalue weighted by atomic mass is 16.5. The molecule has 2 N–H and O–H groups in total. The molecule has 0 bridgehead atoms. The fourth-order valence-corrected chi connectivity index (χ4v) is 3.02. The molecule has 25 heavy (non-hydrogen) atoms. The first-order chi connectivity index (χ1) is 12.1. The predicted octanol–water partition coefficient (Wildman–Crippen LogP) is 0.858. The van der Waals surface area contributed by atoms with Crippen molar-refractivity contribution in [2.45, 2.75) is 18.8 Å². The maximum Gasteiger partial charge on any atom is 0.522 e. The Balaban J connectivity index is 1.52. The number of carboxylic acid groups (broad SMARTS) is 1. The van der Waals surface area contributed by atoms with Gasteiger partial charge in [-0.1, -0.05) is 6.07 Å². The second-order valence-electron chi connectivity index (χ2n) is 6.04. The molecule has 0 spiro atoms. The lowest BCUT2D eigenvalue weighted by Crippen LogP contribution is -2.54. The van der Waals surface area contributed by atoms with Crippen molar-refractivity contribution in [1.29, 1.82) is 0 Å². The molecule has 3 heterocycles. The van der Waals surface area contributed by atoms with Crippen LogP contribution in [0.1, 0.15) is 15.9 Å². The van der Waals surface area contributed by atoms with E-state index in [4.69, 9.17) is 9.39 Å². The Morgan fingerprint density at radius 3 is 2.80 bits per heavy atom. The van der Waals surface area contributed by atoms with Gasteiger partial charge >= 0.3 is 13.1 Å². The van der Waals surface area contributed by atoms with E-state index >= 15 is 0 Å². The number of carboxylic acids is 1. The average Bonchev–Trinajstić information content (AvgIpc) is 2.57. The van der Waals surface area contributed by atoms with Crippen LogP contribution in [-0.4, -0.2) is 52.4 Å². The Morgan fingerprint density at radius 2 is 2.08 bits per heavy atom. The number of benzene rings is 1. The van der Waals surface area contributed by atoms with E-state index in [1.807, 2.05) is 4.90 Å². The molecule has 1 aromatic heterocycles. The summed E-state index contributed by atoms with van der Waals surface area (Å²) in [5.41, 5.74) is 0.730. The number of aromatic nitrogens is 2. The molecule has 0 radical (unpaired) electrons. The molecule has 0 amide bonds. The first-order valence-corrected chi connectivity index (χ1v) is 8.04. The Morgan fingerprint density at radius 1 is 1.32 bits per heavy atom. The number of aryl methyl sites for hydroxylation is 1. The summed E-state index contributed by atoms with van der Waals surface area (Å²) in [4.78, 5) is 22.0. The van der Waals surface area contributed by atoms with Gasteiger partial charge in [-0.25, -0.2) is 14.8 Å². The van der Waals surface area contributed by atoms with Gasteiger partial charge in [-0.3, -0.25) is 0 Å². The maximum atomic E-state index is 11.7. The SMILES string of the molecule is O=C(O)c1c(OC2CN(c3ncccn3)C2)ccc2c1OB(O)CC2. The zero-order valence-corrected chi connectivity index (χ0v) is 13.3. The molecule has 0 aliphatic carbocycles. The molecule has 1 saturated heterocycles. The second-order valence-corrected chi connectivity index (χ2v) is 6.04. The number of anilines is 1. The summed E-state index contributed by atoms with van der Waals surface area (Å²) in [6, 6.07) is 5.20. The molecular weight excluding hydrogens is 325 g/mol. The molecule has 0 unspecified atom stereocenters. The number of aromatic carboxylic acids is 1. The highest BCUT2D eigenvalue weighted by Gasteiger charge is 2.34. The molecule has 2 aromatic rings. The maximum absolute atomic E-state index is 11.7. The third-order valence-corrected chi connectivity index (χ3v) is 4.31. The minimum Gasteiger partial charge on any atom is -0.535 e. The number of hydrogen-bond donors (Lipinski definition) is 2. The van der Waals surface area contributed by atoms with Crippen LogP contribution in [0.5, 0.6) is 11.5 Å². The van der Waals surface area contributed by atoms with E-state index in [0.29, 0.717) is 31.8 Å². The first kappa shape index (κ1) is 15.7. The summed E-state index contributed by atoms with van der Waals surface area (Å²) < 4.78 is 11.2. The van der Waals surface area contributed by atoms with E-state index in [2.05, 4.69) is 9.97 Å². The van der Waals surface area contributed by atoms with Crippen LogP contribution in [0.4, 0.5) is 5.95 Å². The highest BCUT2D eigenvalue weighted by molar-refractivity contribution is 6.44. The standard InChI is InChI=1S/C16H16BN3O5/c21-15(22)13-12(3-2-10-4-5-17(23)25-14(10)13)24-11-8-20(9-11)16-18-6-1-7-19-16/h1-3,6-7,11,23H,4-5,8-9H2,(H,21,22). The quantitative estimate of drug-likeness (QED) is 0.789. The van der Waals surface area contributed by atoms with Crippen LogP contribution in [0.15, 0.2) is 30.6 Å². The van der Waals surface area contributed by atoms with E-state index in [0.717, 1.165) is 5.56 Å². The Hall–Kier alpha value is -2.81. The molecule has 128 valence electrons. The molecule has 0 saturated carbocycles. The van der Waals surface area contributed by atoms with Gasteiger partial charge in [-0.05, 0) is 30.4 Å². The second kappa shape index (κ2) is 6.25. The van der Waals surface area contributed by atoms with Crippen molar-refractivity contribution in [2.24, 2.45) is 0 Å². The summed E-state index contributed by atoms with van der Waals surface area (Å²) in [5.74, 6) is -0.0634. The minimum atomic E-state index is -1.14. The van der Waals surface area contributed by atoms with Crippen molar-refractivity contribution in [1.82, 2.24) is 9.97 Å². The van der Waals surface area contributed by atoms with Gasteiger partial charge in [0.2, 0.25) is 5.95 Å². The van der Waals surface area contributed by atoms with E-state index in [-0.39, 0.29) is 23.2 Å². The van der Waals surface area contributed by atoms with Crippen molar-refractivity contribution in [3.05, 3.63) is 41.7 Å². The number of fused-ring (bicyclic) bond motifs is 1. The lowest BCUT2D eigenvalue weighted by Gasteiger charge is -2.39. The van der Waals surface area contributed by atoms with E-state index in [1.165, 1.54) is 0 Å². The van der Waals surface area contributed by atoms with Crippen LogP contribution < -0.4 is 14.3 Å². The number of hydrogen-bond acceptors (Lipinski definition) is 7. The van der Waals surface area contributed by atoms with Gasteiger partial charge in [0, 0.05) is 12.4 Å². The monoisotopic (exact) mass is 341 g/mol. The van der Waals surface area contributed by atoms with Crippen molar-refractivity contribution in [3.8, 4) is 11.5 Å². The normalized spacial score (nSPS) is 16.7. The van der Waals surface area contributed by atoms with Gasteiger partial charge < -0.3 is 24.4 Å². The molecular formula is C16H16BN3O5. The zero-order chi connectivity index (χ0) is 17.4. The number of rotatable bonds is 4. The van der Waals surface area contributed by atoms with Gasteiger partial charge in [-0.15, -0.1) is 0 Å². The first-order valence-electron chi connectivity index (χ1n) is 8.04.